The SMILES string of the molecule is CCCCCOC(=O)C[C@H](NC(C)=O)C(=O)OCCCCC. The molecule has 0 heterocycles. The molecule has 6 heteroatoms. The summed E-state index contributed by atoms with van der Waals surface area (Å²) < 4.78 is 10.1. The Balaban J connectivity index is 4.22. The van der Waals surface area contributed by atoms with E-state index in [4.69, 9.17) is 9.47 Å². The van der Waals surface area contributed by atoms with E-state index >= 15 is 0 Å². The molecule has 0 aliphatic carbocycles. The Labute approximate surface area is 132 Å². The van der Waals surface area contributed by atoms with Gasteiger partial charge in [0, 0.05) is 6.92 Å². The Morgan fingerprint density at radius 3 is 1.95 bits per heavy atom. The molecule has 1 atom stereocenters. The molecule has 128 valence electrons. The van der Waals surface area contributed by atoms with E-state index < -0.39 is 18.0 Å². The topological polar surface area (TPSA) is 81.7 Å². The van der Waals surface area contributed by atoms with Gasteiger partial charge in [-0.25, -0.2) is 4.79 Å². The van der Waals surface area contributed by atoms with Crippen molar-refractivity contribution >= 4 is 17.8 Å². The van der Waals surface area contributed by atoms with Gasteiger partial charge in [0.05, 0.1) is 19.6 Å². The van der Waals surface area contributed by atoms with Gasteiger partial charge in [-0.2, -0.15) is 0 Å². The molecule has 0 aliphatic rings. The van der Waals surface area contributed by atoms with Crippen LogP contribution in [-0.2, 0) is 23.9 Å². The Hall–Kier alpha value is -1.59. The van der Waals surface area contributed by atoms with Crippen LogP contribution in [0.3, 0.4) is 0 Å². The predicted octanol–water partition coefficient (Wildman–Crippen LogP) is 2.35. The van der Waals surface area contributed by atoms with Gasteiger partial charge < -0.3 is 14.8 Å². The van der Waals surface area contributed by atoms with Crippen molar-refractivity contribution in [2.75, 3.05) is 13.2 Å². The van der Waals surface area contributed by atoms with Crippen molar-refractivity contribution in [1.29, 1.82) is 0 Å². The molecule has 0 aromatic carbocycles. The van der Waals surface area contributed by atoms with Crippen LogP contribution in [0.4, 0.5) is 0 Å². The first-order valence-corrected chi connectivity index (χ1v) is 8.10. The van der Waals surface area contributed by atoms with E-state index in [-0.39, 0.29) is 12.3 Å². The average Bonchev–Trinajstić information content (AvgIpc) is 2.47. The van der Waals surface area contributed by atoms with Gasteiger partial charge in [-0.1, -0.05) is 39.5 Å². The van der Waals surface area contributed by atoms with E-state index in [9.17, 15) is 14.4 Å². The predicted molar refractivity (Wildman–Crippen MR) is 83.2 cm³/mol. The highest BCUT2D eigenvalue weighted by Gasteiger charge is 2.25. The molecule has 0 aromatic heterocycles. The minimum atomic E-state index is -0.974. The zero-order valence-corrected chi connectivity index (χ0v) is 14.0. The summed E-state index contributed by atoms with van der Waals surface area (Å²) in [4.78, 5) is 34.8. The molecule has 0 aromatic rings. The summed E-state index contributed by atoms with van der Waals surface area (Å²) in [5, 5.41) is 2.44. The van der Waals surface area contributed by atoms with Crippen LogP contribution in [0.5, 0.6) is 0 Å². The van der Waals surface area contributed by atoms with Gasteiger partial charge >= 0.3 is 11.9 Å². The van der Waals surface area contributed by atoms with Crippen molar-refractivity contribution in [3.63, 3.8) is 0 Å². The maximum atomic E-state index is 11.9. The fourth-order valence-corrected chi connectivity index (χ4v) is 1.83. The number of nitrogens with one attached hydrogen (secondary N) is 1. The summed E-state index contributed by atoms with van der Waals surface area (Å²) >= 11 is 0. The summed E-state index contributed by atoms with van der Waals surface area (Å²) in [7, 11) is 0. The fraction of sp³-hybridized carbons (Fsp3) is 0.812. The molecule has 6 nitrogen and oxygen atoms in total. The Morgan fingerprint density at radius 2 is 1.45 bits per heavy atom. The zero-order valence-electron chi connectivity index (χ0n) is 14.0. The van der Waals surface area contributed by atoms with Crippen LogP contribution in [0.1, 0.15) is 65.7 Å². The quantitative estimate of drug-likeness (QED) is 0.441. The van der Waals surface area contributed by atoms with Crippen LogP contribution in [0, 0.1) is 0 Å². The minimum Gasteiger partial charge on any atom is -0.466 e. The van der Waals surface area contributed by atoms with Crippen LogP contribution >= 0.6 is 0 Å². The second-order valence-corrected chi connectivity index (χ2v) is 5.26. The molecule has 0 bridgehead atoms. The third-order valence-corrected chi connectivity index (χ3v) is 3.04. The summed E-state index contributed by atoms with van der Waals surface area (Å²) in [5.41, 5.74) is 0. The van der Waals surface area contributed by atoms with Crippen molar-refractivity contribution in [3.8, 4) is 0 Å². The summed E-state index contributed by atoms with van der Waals surface area (Å²) in [5.74, 6) is -1.47. The number of unbranched alkanes of at least 4 members (excludes halogenated alkanes) is 4. The Kier molecular flexibility index (Phi) is 12.2. The van der Waals surface area contributed by atoms with Gasteiger partial charge in [0.2, 0.25) is 5.91 Å². The van der Waals surface area contributed by atoms with Gasteiger partial charge in [-0.05, 0) is 12.8 Å². The van der Waals surface area contributed by atoms with E-state index in [2.05, 4.69) is 19.2 Å². The first kappa shape index (κ1) is 20.4. The van der Waals surface area contributed by atoms with Crippen molar-refractivity contribution in [2.45, 2.75) is 71.8 Å². The molecular weight excluding hydrogens is 286 g/mol. The van der Waals surface area contributed by atoms with Crippen LogP contribution in [0.25, 0.3) is 0 Å². The first-order valence-electron chi connectivity index (χ1n) is 8.10. The molecule has 0 aliphatic heterocycles. The lowest BCUT2D eigenvalue weighted by Gasteiger charge is -2.16. The third kappa shape index (κ3) is 11.1. The van der Waals surface area contributed by atoms with Gasteiger partial charge in [0.15, 0.2) is 0 Å². The molecule has 0 rings (SSSR count). The lowest BCUT2D eigenvalue weighted by atomic mass is 10.2. The molecule has 22 heavy (non-hydrogen) atoms. The molecule has 0 unspecified atom stereocenters. The lowest BCUT2D eigenvalue weighted by Crippen LogP contribution is -2.42. The lowest BCUT2D eigenvalue weighted by molar-refractivity contribution is -0.153. The molecular formula is C16H29NO5. The van der Waals surface area contributed by atoms with Crippen molar-refractivity contribution < 1.29 is 23.9 Å². The standard InChI is InChI=1S/C16H29NO5/c1-4-6-8-10-21-15(19)12-14(17-13(3)18)16(20)22-11-9-7-5-2/h14H,4-12H2,1-3H3,(H,17,18)/t14-/m0/s1. The number of esters is 2. The molecule has 0 saturated heterocycles. The third-order valence-electron chi connectivity index (χ3n) is 3.04. The van der Waals surface area contributed by atoms with Gasteiger partial charge in [0.25, 0.3) is 0 Å². The van der Waals surface area contributed by atoms with Crippen molar-refractivity contribution in [1.82, 2.24) is 5.32 Å². The summed E-state index contributed by atoms with van der Waals surface area (Å²) in [6.45, 7) is 6.04. The Bertz CT molecular complexity index is 343. The summed E-state index contributed by atoms with van der Waals surface area (Å²) in [6, 6.07) is -0.974. The molecule has 0 radical (unpaired) electrons. The largest absolute Gasteiger partial charge is 0.466 e. The molecule has 0 spiro atoms. The first-order chi connectivity index (χ1) is 10.5. The minimum absolute atomic E-state index is 0.196. The van der Waals surface area contributed by atoms with Crippen molar-refractivity contribution in [3.05, 3.63) is 0 Å². The fourth-order valence-electron chi connectivity index (χ4n) is 1.83. The van der Waals surface area contributed by atoms with Crippen LogP contribution in [0.2, 0.25) is 0 Å². The van der Waals surface area contributed by atoms with Crippen LogP contribution < -0.4 is 5.32 Å². The maximum Gasteiger partial charge on any atom is 0.329 e. The number of carbonyl (C=O) groups is 3. The van der Waals surface area contributed by atoms with Gasteiger partial charge in [-0.3, -0.25) is 9.59 Å². The Morgan fingerprint density at radius 1 is 0.909 bits per heavy atom. The van der Waals surface area contributed by atoms with E-state index in [1.807, 2.05) is 0 Å². The average molecular weight is 315 g/mol. The monoisotopic (exact) mass is 315 g/mol. The highest BCUT2D eigenvalue weighted by molar-refractivity contribution is 5.87. The number of ether oxygens (including phenoxy) is 2. The number of hydrogen-bond acceptors (Lipinski definition) is 5. The van der Waals surface area contributed by atoms with E-state index in [0.29, 0.717) is 13.2 Å². The summed E-state index contributed by atoms with van der Waals surface area (Å²) in [6.07, 6.45) is 5.40. The number of hydrogen-bond donors (Lipinski definition) is 1. The van der Waals surface area contributed by atoms with E-state index in [1.54, 1.807) is 0 Å². The molecule has 0 fully saturated rings. The van der Waals surface area contributed by atoms with Crippen molar-refractivity contribution in [2.24, 2.45) is 0 Å². The number of rotatable bonds is 12. The molecule has 1 amide bonds. The van der Waals surface area contributed by atoms with Crippen LogP contribution in [-0.4, -0.2) is 37.1 Å². The molecule has 0 saturated carbocycles. The number of amides is 1. The second kappa shape index (κ2) is 13.1. The normalized spacial score (nSPS) is 11.6. The highest BCUT2D eigenvalue weighted by atomic mass is 16.5. The maximum absolute atomic E-state index is 11.9. The van der Waals surface area contributed by atoms with Gasteiger partial charge in [-0.15, -0.1) is 0 Å². The van der Waals surface area contributed by atoms with Gasteiger partial charge in [0.1, 0.15) is 6.04 Å². The smallest absolute Gasteiger partial charge is 0.329 e. The van der Waals surface area contributed by atoms with Crippen LogP contribution in [0.15, 0.2) is 0 Å². The molecule has 1 N–H and O–H groups in total. The van der Waals surface area contributed by atoms with E-state index in [1.165, 1.54) is 6.92 Å². The second-order valence-electron chi connectivity index (χ2n) is 5.26. The zero-order chi connectivity index (χ0) is 16.8. The highest BCUT2D eigenvalue weighted by Crippen LogP contribution is 2.03. The number of carbonyl (C=O) groups excluding carboxylic acids is 3. The van der Waals surface area contributed by atoms with E-state index in [0.717, 1.165) is 38.5 Å².